The van der Waals surface area contributed by atoms with E-state index in [1.54, 1.807) is 17.5 Å². The summed E-state index contributed by atoms with van der Waals surface area (Å²) in [6.07, 6.45) is 6.11. The number of nitrogens with one attached hydrogen (secondary N) is 4. The molecule has 38 heavy (non-hydrogen) atoms. The Bertz CT molecular complexity index is 1600. The molecule has 1 atom stereocenters. The molecular weight excluding hydrogens is 611 g/mol. The molecule has 0 unspecified atom stereocenters. The molecule has 11 heteroatoms. The SMILES string of the molecule is CC(C)(C)ONc1c(C#N)cnc2c(I)cc(N[C@H](C3=CN(C4CC4)NN3)c3cccc4ncsc34)cc12. The molecule has 1 aliphatic heterocycles. The number of rotatable bonds is 7. The van der Waals surface area contributed by atoms with E-state index in [0.29, 0.717) is 17.3 Å². The molecule has 9 nitrogen and oxygen atoms in total. The number of nitrogens with zero attached hydrogens (tertiary/aromatic N) is 4. The molecule has 4 N–H and O–H groups in total. The highest BCUT2D eigenvalue weighted by Crippen LogP contribution is 2.38. The van der Waals surface area contributed by atoms with Crippen molar-refractivity contribution in [3.8, 4) is 6.07 Å². The highest BCUT2D eigenvalue weighted by Gasteiger charge is 2.33. The van der Waals surface area contributed by atoms with Crippen LogP contribution in [0.3, 0.4) is 0 Å². The lowest BCUT2D eigenvalue weighted by atomic mass is 10.0. The summed E-state index contributed by atoms with van der Waals surface area (Å²) in [5.74, 6) is 0. The zero-order valence-electron chi connectivity index (χ0n) is 21.2. The van der Waals surface area contributed by atoms with Gasteiger partial charge in [0.15, 0.2) is 0 Å². The van der Waals surface area contributed by atoms with Gasteiger partial charge in [0, 0.05) is 33.1 Å². The van der Waals surface area contributed by atoms with Crippen molar-refractivity contribution >= 4 is 66.4 Å². The van der Waals surface area contributed by atoms with E-state index in [1.165, 1.54) is 12.8 Å². The predicted molar refractivity (Wildman–Crippen MR) is 159 cm³/mol. The van der Waals surface area contributed by atoms with E-state index < -0.39 is 5.60 Å². The lowest BCUT2D eigenvalue weighted by Gasteiger charge is -2.24. The summed E-state index contributed by atoms with van der Waals surface area (Å²) < 4.78 is 2.11. The molecule has 2 aromatic heterocycles. The second-order valence-electron chi connectivity index (χ2n) is 10.4. The molecule has 194 valence electrons. The molecule has 1 fully saturated rings. The summed E-state index contributed by atoms with van der Waals surface area (Å²) in [4.78, 5) is 15.0. The van der Waals surface area contributed by atoms with Gasteiger partial charge in [0.1, 0.15) is 6.07 Å². The first-order valence-corrected chi connectivity index (χ1v) is 14.3. The number of thiazole rings is 1. The van der Waals surface area contributed by atoms with Crippen LogP contribution < -0.4 is 21.8 Å². The van der Waals surface area contributed by atoms with Gasteiger partial charge in [0.05, 0.1) is 49.8 Å². The molecule has 3 heterocycles. The molecule has 0 spiro atoms. The van der Waals surface area contributed by atoms with Crippen molar-refractivity contribution in [2.24, 2.45) is 0 Å². The summed E-state index contributed by atoms with van der Waals surface area (Å²) in [6, 6.07) is 12.9. The number of hydrogen-bond acceptors (Lipinski definition) is 10. The molecule has 0 radical (unpaired) electrons. The Morgan fingerprint density at radius 1 is 1.26 bits per heavy atom. The molecule has 4 aromatic rings. The number of anilines is 2. The Morgan fingerprint density at radius 3 is 2.87 bits per heavy atom. The zero-order chi connectivity index (χ0) is 26.4. The van der Waals surface area contributed by atoms with E-state index in [1.807, 2.05) is 44.5 Å². The second-order valence-corrected chi connectivity index (χ2v) is 12.4. The third-order valence-electron chi connectivity index (χ3n) is 6.37. The summed E-state index contributed by atoms with van der Waals surface area (Å²) in [5, 5.41) is 16.5. The molecular formula is C27H27IN8OS. The van der Waals surface area contributed by atoms with E-state index in [-0.39, 0.29) is 6.04 Å². The van der Waals surface area contributed by atoms with Crippen LogP contribution in [0.15, 0.2) is 53.9 Å². The lowest BCUT2D eigenvalue weighted by molar-refractivity contribution is 0.0377. The van der Waals surface area contributed by atoms with Crippen LogP contribution in [0, 0.1) is 14.9 Å². The fraction of sp³-hybridized carbons (Fsp3) is 0.296. The van der Waals surface area contributed by atoms with Gasteiger partial charge in [-0.25, -0.2) is 4.98 Å². The first kappa shape index (κ1) is 25.1. The fourth-order valence-electron chi connectivity index (χ4n) is 4.41. The number of pyridine rings is 1. The van der Waals surface area contributed by atoms with Crippen molar-refractivity contribution in [3.05, 3.63) is 68.6 Å². The van der Waals surface area contributed by atoms with Gasteiger partial charge in [-0.2, -0.15) is 5.26 Å². The second kappa shape index (κ2) is 9.85. The standard InChI is InChI=1S/C27H27IN8OS/c1-27(2,3)37-34-23-15(11-29)12-30-24-19(23)9-16(10-20(24)28)32-25(22-13-36(35-33-22)17-7-8-17)18-5-4-6-21-26(18)38-14-31-21/h4-6,9-10,12-14,17,25,32-33,35H,7-8H2,1-3H3,(H,30,34)/t25-/m0/s1. The van der Waals surface area contributed by atoms with E-state index in [0.717, 1.165) is 41.6 Å². The van der Waals surface area contributed by atoms with E-state index in [9.17, 15) is 5.26 Å². The van der Waals surface area contributed by atoms with Crippen molar-refractivity contribution in [3.63, 3.8) is 0 Å². The van der Waals surface area contributed by atoms with Crippen molar-refractivity contribution < 1.29 is 4.84 Å². The normalized spacial score (nSPS) is 16.3. The maximum atomic E-state index is 9.80. The molecule has 1 saturated carbocycles. The van der Waals surface area contributed by atoms with Crippen molar-refractivity contribution in [1.29, 1.82) is 5.26 Å². The van der Waals surface area contributed by atoms with Crippen molar-refractivity contribution in [2.75, 3.05) is 10.8 Å². The van der Waals surface area contributed by atoms with Gasteiger partial charge in [-0.05, 0) is 80.0 Å². The number of halogens is 1. The summed E-state index contributed by atoms with van der Waals surface area (Å²) in [6.45, 7) is 5.87. The molecule has 6 rings (SSSR count). The number of hydrogen-bond donors (Lipinski definition) is 4. The van der Waals surface area contributed by atoms with Crippen LogP contribution in [0.5, 0.6) is 0 Å². The topological polar surface area (TPSA) is 110 Å². The Balaban J connectivity index is 1.44. The maximum Gasteiger partial charge on any atom is 0.103 e. The quantitative estimate of drug-likeness (QED) is 0.144. The number of nitriles is 1. The highest BCUT2D eigenvalue weighted by molar-refractivity contribution is 14.1. The average Bonchev–Trinajstić information content (AvgIpc) is 3.41. The third-order valence-corrected chi connectivity index (χ3v) is 8.09. The minimum atomic E-state index is -0.440. The zero-order valence-corrected chi connectivity index (χ0v) is 24.1. The maximum absolute atomic E-state index is 9.80. The largest absolute Gasteiger partial charge is 0.373 e. The van der Waals surface area contributed by atoms with Gasteiger partial charge in [0.25, 0.3) is 0 Å². The third kappa shape index (κ3) is 4.96. The monoisotopic (exact) mass is 638 g/mol. The van der Waals surface area contributed by atoms with Crippen molar-refractivity contribution in [2.45, 2.75) is 51.3 Å². The van der Waals surface area contributed by atoms with Gasteiger partial charge in [-0.15, -0.1) is 16.9 Å². The average molecular weight is 639 g/mol. The molecule has 1 aliphatic carbocycles. The van der Waals surface area contributed by atoms with Gasteiger partial charge in [-0.3, -0.25) is 20.3 Å². The Kier molecular flexibility index (Phi) is 6.51. The summed E-state index contributed by atoms with van der Waals surface area (Å²) in [7, 11) is 0. The Hall–Kier alpha value is -3.18. The smallest absolute Gasteiger partial charge is 0.103 e. The van der Waals surface area contributed by atoms with Crippen LogP contribution in [0.25, 0.3) is 21.1 Å². The number of hydrazine groups is 2. The first-order chi connectivity index (χ1) is 18.3. The van der Waals surface area contributed by atoms with E-state index in [4.69, 9.17) is 4.84 Å². The summed E-state index contributed by atoms with van der Waals surface area (Å²) in [5.41, 5.74) is 17.1. The number of benzene rings is 2. The Morgan fingerprint density at radius 2 is 2.11 bits per heavy atom. The predicted octanol–water partition coefficient (Wildman–Crippen LogP) is 5.94. The Labute approximate surface area is 238 Å². The van der Waals surface area contributed by atoms with Crippen LogP contribution in [0.2, 0.25) is 0 Å². The highest BCUT2D eigenvalue weighted by atomic mass is 127. The van der Waals surface area contributed by atoms with Crippen LogP contribution in [0.4, 0.5) is 11.4 Å². The van der Waals surface area contributed by atoms with E-state index in [2.05, 4.69) is 83.7 Å². The van der Waals surface area contributed by atoms with Crippen molar-refractivity contribution in [1.82, 2.24) is 25.9 Å². The van der Waals surface area contributed by atoms with Crippen LogP contribution >= 0.6 is 33.9 Å². The van der Waals surface area contributed by atoms with E-state index >= 15 is 0 Å². The molecule has 0 amide bonds. The van der Waals surface area contributed by atoms with Gasteiger partial charge < -0.3 is 10.7 Å². The van der Waals surface area contributed by atoms with Crippen LogP contribution in [0.1, 0.15) is 50.8 Å². The molecule has 0 saturated heterocycles. The van der Waals surface area contributed by atoms with Crippen LogP contribution in [-0.4, -0.2) is 26.6 Å². The first-order valence-electron chi connectivity index (χ1n) is 12.4. The summed E-state index contributed by atoms with van der Waals surface area (Å²) >= 11 is 3.94. The van der Waals surface area contributed by atoms with Gasteiger partial charge >= 0.3 is 0 Å². The number of fused-ring (bicyclic) bond motifs is 2. The van der Waals surface area contributed by atoms with Gasteiger partial charge in [0.2, 0.25) is 0 Å². The minimum Gasteiger partial charge on any atom is -0.373 e. The van der Waals surface area contributed by atoms with Gasteiger partial charge in [-0.1, -0.05) is 12.1 Å². The van der Waals surface area contributed by atoms with Crippen LogP contribution in [-0.2, 0) is 4.84 Å². The lowest BCUT2D eigenvalue weighted by Crippen LogP contribution is -2.38. The fourth-order valence-corrected chi connectivity index (χ4v) is 6.01. The molecule has 2 aliphatic rings. The molecule has 0 bridgehead atoms. The molecule has 2 aromatic carbocycles. The number of aromatic nitrogens is 2. The minimum absolute atomic E-state index is 0.169.